The van der Waals surface area contributed by atoms with Crippen LogP contribution >= 0.6 is 17.0 Å². The van der Waals surface area contributed by atoms with Crippen molar-refractivity contribution in [1.82, 2.24) is 15.4 Å². The number of aryl methyl sites for hydroxylation is 2. The maximum absolute atomic E-state index is 4.71. The second kappa shape index (κ2) is 6.98. The third-order valence-corrected chi connectivity index (χ3v) is 3.95. The van der Waals surface area contributed by atoms with Gasteiger partial charge in [-0.25, -0.2) is 4.98 Å². The van der Waals surface area contributed by atoms with Crippen LogP contribution in [0.5, 0.6) is 0 Å². The van der Waals surface area contributed by atoms with Crippen LogP contribution in [0.2, 0.25) is 0 Å². The molecule has 0 atom stereocenters. The minimum Gasteiger partial charge on any atom is -0.325 e. The summed E-state index contributed by atoms with van der Waals surface area (Å²) in [5.74, 6) is 1.44. The van der Waals surface area contributed by atoms with Gasteiger partial charge >= 0.3 is 0 Å². The fourth-order valence-corrected chi connectivity index (χ4v) is 2.54. The maximum Gasteiger partial charge on any atom is 0.247 e. The quantitative estimate of drug-likeness (QED) is 0.705. The number of hydrogen-bond donors (Lipinski definition) is 2. The highest BCUT2D eigenvalue weighted by Crippen LogP contribution is 2.24. The average Bonchev–Trinajstić information content (AvgIpc) is 3.21. The van der Waals surface area contributed by atoms with E-state index in [-0.39, 0.29) is 17.0 Å². The van der Waals surface area contributed by atoms with Gasteiger partial charge in [-0.3, -0.25) is 5.43 Å². The zero-order valence-corrected chi connectivity index (χ0v) is 15.7. The molecule has 2 N–H and O–H groups in total. The van der Waals surface area contributed by atoms with E-state index in [2.05, 4.69) is 15.4 Å². The summed E-state index contributed by atoms with van der Waals surface area (Å²) in [7, 11) is 0. The Balaban J connectivity index is 0.00000182. The molecule has 1 aliphatic heterocycles. The normalized spacial score (nSPS) is 13.3. The van der Waals surface area contributed by atoms with Crippen LogP contribution in [0, 0.1) is 13.8 Å². The summed E-state index contributed by atoms with van der Waals surface area (Å²) < 4.78 is 0. The predicted molar refractivity (Wildman–Crippen MR) is 106 cm³/mol. The summed E-state index contributed by atoms with van der Waals surface area (Å²) >= 11 is 0. The van der Waals surface area contributed by atoms with E-state index in [4.69, 9.17) is 5.10 Å². The standard InChI is InChI=1S/C18H18N6.BrH/c1-13-14(2)20-18(19-13)24-22-17(15-9-5-3-6-10-15)21-23(24)16-11-7-4-8-12-16;/h3-12H,1-2H3,(H,19,20)(H,21,22);1H. The number of amidine groups is 1. The van der Waals surface area contributed by atoms with E-state index >= 15 is 0 Å². The molecule has 1 aromatic heterocycles. The van der Waals surface area contributed by atoms with Gasteiger partial charge in [-0.1, -0.05) is 48.5 Å². The van der Waals surface area contributed by atoms with Crippen LogP contribution in [0.3, 0.4) is 0 Å². The number of anilines is 2. The highest BCUT2D eigenvalue weighted by molar-refractivity contribution is 8.93. The number of nitrogens with zero attached hydrogens (tertiary/aromatic N) is 4. The molecule has 2 heterocycles. The molecule has 0 saturated carbocycles. The van der Waals surface area contributed by atoms with Crippen molar-refractivity contribution in [3.63, 3.8) is 0 Å². The first-order valence-electron chi connectivity index (χ1n) is 7.81. The summed E-state index contributed by atoms with van der Waals surface area (Å²) in [6, 6.07) is 20.1. The summed E-state index contributed by atoms with van der Waals surface area (Å²) in [5.41, 5.74) is 7.32. The molecule has 3 aromatic rings. The summed E-state index contributed by atoms with van der Waals surface area (Å²) in [4.78, 5) is 7.86. The third kappa shape index (κ3) is 3.23. The van der Waals surface area contributed by atoms with Crippen LogP contribution in [0.4, 0.5) is 11.6 Å². The lowest BCUT2D eigenvalue weighted by Gasteiger charge is -2.25. The molecule has 6 nitrogen and oxygen atoms in total. The third-order valence-electron chi connectivity index (χ3n) is 3.95. The van der Waals surface area contributed by atoms with E-state index in [1.54, 1.807) is 5.12 Å². The molecule has 0 spiro atoms. The molecule has 2 aromatic carbocycles. The number of hydrazine groups is 2. The Morgan fingerprint density at radius 1 is 0.880 bits per heavy atom. The maximum atomic E-state index is 4.71. The van der Waals surface area contributed by atoms with Crippen LogP contribution in [0.15, 0.2) is 65.8 Å². The molecule has 4 rings (SSSR count). The number of hydrazone groups is 1. The van der Waals surface area contributed by atoms with Crippen molar-refractivity contribution in [3.8, 4) is 0 Å². The number of nitrogens with one attached hydrogen (secondary N) is 2. The van der Waals surface area contributed by atoms with Crippen molar-refractivity contribution >= 4 is 34.5 Å². The fraction of sp³-hybridized carbons (Fsp3) is 0.111. The van der Waals surface area contributed by atoms with Crippen LogP contribution in [0.25, 0.3) is 0 Å². The van der Waals surface area contributed by atoms with Crippen LogP contribution in [-0.2, 0) is 0 Å². The van der Waals surface area contributed by atoms with Crippen LogP contribution < -0.4 is 15.7 Å². The number of aromatic nitrogens is 2. The van der Waals surface area contributed by atoms with E-state index in [9.17, 15) is 0 Å². The molecule has 25 heavy (non-hydrogen) atoms. The Morgan fingerprint density at radius 2 is 1.52 bits per heavy atom. The van der Waals surface area contributed by atoms with Crippen molar-refractivity contribution < 1.29 is 0 Å². The van der Waals surface area contributed by atoms with E-state index in [0.717, 1.165) is 28.5 Å². The summed E-state index contributed by atoms with van der Waals surface area (Å²) in [5, 5.41) is 8.33. The Labute approximate surface area is 156 Å². The molecule has 0 amide bonds. The molecular weight excluding hydrogens is 380 g/mol. The van der Waals surface area contributed by atoms with Gasteiger partial charge in [0.2, 0.25) is 5.95 Å². The highest BCUT2D eigenvalue weighted by atomic mass is 79.9. The van der Waals surface area contributed by atoms with Gasteiger partial charge in [-0.2, -0.15) is 5.12 Å². The first kappa shape index (κ1) is 17.0. The Kier molecular flexibility index (Phi) is 4.76. The number of aromatic amines is 1. The summed E-state index contributed by atoms with van der Waals surface area (Å²) in [6.45, 7) is 3.98. The molecular formula is C18H19BrN6. The highest BCUT2D eigenvalue weighted by Gasteiger charge is 2.28. The van der Waals surface area contributed by atoms with E-state index in [1.807, 2.05) is 79.6 Å². The summed E-state index contributed by atoms with van der Waals surface area (Å²) in [6.07, 6.45) is 0. The number of para-hydroxylation sites is 1. The second-order valence-electron chi connectivity index (χ2n) is 5.63. The second-order valence-corrected chi connectivity index (χ2v) is 5.63. The lowest BCUT2D eigenvalue weighted by atomic mass is 10.2. The van der Waals surface area contributed by atoms with Crippen molar-refractivity contribution in [1.29, 1.82) is 0 Å². The number of imidazole rings is 1. The first-order valence-corrected chi connectivity index (χ1v) is 7.81. The van der Waals surface area contributed by atoms with Crippen molar-refractivity contribution in [3.05, 3.63) is 77.6 Å². The molecule has 0 radical (unpaired) electrons. The van der Waals surface area contributed by atoms with Crippen LogP contribution in [0.1, 0.15) is 17.0 Å². The number of rotatable bonds is 3. The predicted octanol–water partition coefficient (Wildman–Crippen LogP) is 3.71. The Hall–Kier alpha value is -2.80. The minimum atomic E-state index is 0. The molecule has 0 saturated heterocycles. The Bertz CT molecular complexity index is 856. The van der Waals surface area contributed by atoms with Crippen molar-refractivity contribution in [2.45, 2.75) is 13.8 Å². The molecule has 0 bridgehead atoms. The van der Waals surface area contributed by atoms with E-state index in [1.165, 1.54) is 0 Å². The zero-order chi connectivity index (χ0) is 16.5. The van der Waals surface area contributed by atoms with Crippen LogP contribution in [-0.4, -0.2) is 15.8 Å². The monoisotopic (exact) mass is 398 g/mol. The minimum absolute atomic E-state index is 0. The van der Waals surface area contributed by atoms with Gasteiger partial charge in [-0.05, 0) is 26.0 Å². The molecule has 7 heteroatoms. The van der Waals surface area contributed by atoms with Crippen molar-refractivity contribution in [2.24, 2.45) is 5.10 Å². The fourth-order valence-electron chi connectivity index (χ4n) is 2.54. The average molecular weight is 399 g/mol. The molecule has 0 fully saturated rings. The Morgan fingerprint density at radius 3 is 2.12 bits per heavy atom. The van der Waals surface area contributed by atoms with E-state index in [0.29, 0.717) is 5.95 Å². The SMILES string of the molecule is Br.Cc1nc(N2N=C(c3ccccc3)NN2c2ccccc2)[nH]c1C. The van der Waals surface area contributed by atoms with Gasteiger partial charge in [0, 0.05) is 11.3 Å². The number of hydrogen-bond acceptors (Lipinski definition) is 5. The molecule has 0 aliphatic carbocycles. The lowest BCUT2D eigenvalue weighted by Crippen LogP contribution is -2.45. The van der Waals surface area contributed by atoms with Gasteiger partial charge in [-0.15, -0.1) is 27.2 Å². The van der Waals surface area contributed by atoms with E-state index < -0.39 is 0 Å². The van der Waals surface area contributed by atoms with Gasteiger partial charge < -0.3 is 4.98 Å². The molecule has 1 aliphatic rings. The number of benzene rings is 2. The zero-order valence-electron chi connectivity index (χ0n) is 14.0. The number of halogens is 1. The smallest absolute Gasteiger partial charge is 0.247 e. The van der Waals surface area contributed by atoms with Crippen molar-refractivity contribution in [2.75, 3.05) is 10.2 Å². The van der Waals surface area contributed by atoms with Gasteiger partial charge in [0.1, 0.15) is 0 Å². The topological polar surface area (TPSA) is 59.6 Å². The van der Waals surface area contributed by atoms with Gasteiger partial charge in [0.25, 0.3) is 0 Å². The first-order chi connectivity index (χ1) is 11.7. The molecule has 128 valence electrons. The lowest BCUT2D eigenvalue weighted by molar-refractivity contribution is 0.749. The van der Waals surface area contributed by atoms with Gasteiger partial charge in [0.05, 0.1) is 11.4 Å². The van der Waals surface area contributed by atoms with Gasteiger partial charge in [0.15, 0.2) is 5.84 Å². The largest absolute Gasteiger partial charge is 0.325 e. The molecule has 0 unspecified atom stereocenters. The number of H-pyrrole nitrogens is 1.